The lowest BCUT2D eigenvalue weighted by molar-refractivity contribution is 0.317. The second-order valence-corrected chi connectivity index (χ2v) is 3.96. The van der Waals surface area contributed by atoms with E-state index in [2.05, 4.69) is 4.98 Å². The van der Waals surface area contributed by atoms with E-state index >= 15 is 0 Å². The zero-order valence-corrected chi connectivity index (χ0v) is 9.98. The number of benzene rings is 1. The molecular formula is C13H15FN2O. The maximum absolute atomic E-state index is 13.0. The summed E-state index contributed by atoms with van der Waals surface area (Å²) in [5.74, 6) is 1.46. The molecule has 2 aromatic rings. The van der Waals surface area contributed by atoms with Gasteiger partial charge in [0.2, 0.25) is 0 Å². The molecule has 0 amide bonds. The van der Waals surface area contributed by atoms with Crippen molar-refractivity contribution < 1.29 is 9.13 Å². The maximum Gasteiger partial charge on any atom is 0.126 e. The third-order valence-electron chi connectivity index (χ3n) is 2.64. The standard InChI is InChI=1S/C13H15FN2O/c1-10-9-11(3-4-12(10)14)17-8-5-13-15-6-7-16(13)2/h3-4,6-7,9H,5,8H2,1-2H3. The molecule has 3 nitrogen and oxygen atoms in total. The van der Waals surface area contributed by atoms with Crippen LogP contribution in [0.5, 0.6) is 5.75 Å². The molecule has 1 heterocycles. The number of imidazole rings is 1. The van der Waals surface area contributed by atoms with Gasteiger partial charge in [0.05, 0.1) is 6.61 Å². The molecule has 1 aromatic carbocycles. The Morgan fingerprint density at radius 2 is 2.24 bits per heavy atom. The van der Waals surface area contributed by atoms with Gasteiger partial charge in [-0.05, 0) is 30.7 Å². The monoisotopic (exact) mass is 234 g/mol. The maximum atomic E-state index is 13.0. The molecule has 0 bridgehead atoms. The van der Waals surface area contributed by atoms with Crippen LogP contribution >= 0.6 is 0 Å². The van der Waals surface area contributed by atoms with E-state index in [9.17, 15) is 4.39 Å². The third-order valence-corrected chi connectivity index (χ3v) is 2.64. The lowest BCUT2D eigenvalue weighted by Crippen LogP contribution is -2.06. The highest BCUT2D eigenvalue weighted by Crippen LogP contribution is 2.16. The van der Waals surface area contributed by atoms with Gasteiger partial charge in [0.25, 0.3) is 0 Å². The van der Waals surface area contributed by atoms with E-state index in [-0.39, 0.29) is 5.82 Å². The quantitative estimate of drug-likeness (QED) is 0.812. The zero-order valence-electron chi connectivity index (χ0n) is 9.98. The van der Waals surface area contributed by atoms with Crippen LogP contribution in [-0.4, -0.2) is 16.2 Å². The highest BCUT2D eigenvalue weighted by Gasteiger charge is 2.02. The van der Waals surface area contributed by atoms with E-state index in [1.54, 1.807) is 25.3 Å². The first-order valence-electron chi connectivity index (χ1n) is 5.52. The summed E-state index contributed by atoms with van der Waals surface area (Å²) >= 11 is 0. The van der Waals surface area contributed by atoms with Gasteiger partial charge < -0.3 is 9.30 Å². The SMILES string of the molecule is Cc1cc(OCCc2nccn2C)ccc1F. The fourth-order valence-electron chi connectivity index (χ4n) is 1.60. The fraction of sp³-hybridized carbons (Fsp3) is 0.308. The molecule has 0 N–H and O–H groups in total. The summed E-state index contributed by atoms with van der Waals surface area (Å²) in [5, 5.41) is 0. The largest absolute Gasteiger partial charge is 0.493 e. The summed E-state index contributed by atoms with van der Waals surface area (Å²) in [6, 6.07) is 4.76. The summed E-state index contributed by atoms with van der Waals surface area (Å²) in [5.41, 5.74) is 0.597. The van der Waals surface area contributed by atoms with Crippen molar-refractivity contribution in [1.29, 1.82) is 0 Å². The van der Waals surface area contributed by atoms with Gasteiger partial charge >= 0.3 is 0 Å². The third kappa shape index (κ3) is 2.84. The normalized spacial score (nSPS) is 10.5. The minimum atomic E-state index is -0.207. The van der Waals surface area contributed by atoms with Crippen LogP contribution in [0, 0.1) is 12.7 Å². The van der Waals surface area contributed by atoms with Gasteiger partial charge in [-0.15, -0.1) is 0 Å². The van der Waals surface area contributed by atoms with Crippen LogP contribution in [0.1, 0.15) is 11.4 Å². The number of rotatable bonds is 4. The summed E-state index contributed by atoms with van der Waals surface area (Å²) in [6.07, 6.45) is 4.40. The van der Waals surface area contributed by atoms with Gasteiger partial charge in [-0.25, -0.2) is 9.37 Å². The molecule has 4 heteroatoms. The molecule has 0 radical (unpaired) electrons. The highest BCUT2D eigenvalue weighted by molar-refractivity contribution is 5.28. The molecular weight excluding hydrogens is 219 g/mol. The fourth-order valence-corrected chi connectivity index (χ4v) is 1.60. The molecule has 0 aliphatic heterocycles. The Bertz CT molecular complexity index is 508. The van der Waals surface area contributed by atoms with Gasteiger partial charge in [-0.3, -0.25) is 0 Å². The first-order valence-corrected chi connectivity index (χ1v) is 5.52. The number of aromatic nitrogens is 2. The number of aryl methyl sites for hydroxylation is 2. The molecule has 0 saturated carbocycles. The second-order valence-electron chi connectivity index (χ2n) is 3.96. The molecule has 1 aromatic heterocycles. The van der Waals surface area contributed by atoms with Crippen LogP contribution < -0.4 is 4.74 Å². The molecule has 0 saturated heterocycles. The first kappa shape index (κ1) is 11.6. The number of halogens is 1. The molecule has 90 valence electrons. The first-order chi connectivity index (χ1) is 8.16. The molecule has 0 aliphatic carbocycles. The number of hydrogen-bond acceptors (Lipinski definition) is 2. The van der Waals surface area contributed by atoms with E-state index in [0.29, 0.717) is 17.9 Å². The number of nitrogens with zero attached hydrogens (tertiary/aromatic N) is 2. The number of ether oxygens (including phenoxy) is 1. The van der Waals surface area contributed by atoms with Crippen molar-refractivity contribution in [2.45, 2.75) is 13.3 Å². The highest BCUT2D eigenvalue weighted by atomic mass is 19.1. The summed E-state index contributed by atoms with van der Waals surface area (Å²) < 4.78 is 20.5. The Balaban J connectivity index is 1.90. The summed E-state index contributed by atoms with van der Waals surface area (Å²) in [6.45, 7) is 2.26. The van der Waals surface area contributed by atoms with E-state index in [1.807, 2.05) is 17.8 Å². The van der Waals surface area contributed by atoms with Crippen molar-refractivity contribution in [2.75, 3.05) is 6.61 Å². The lowest BCUT2D eigenvalue weighted by atomic mass is 10.2. The topological polar surface area (TPSA) is 27.1 Å². The van der Waals surface area contributed by atoms with Gasteiger partial charge in [0.15, 0.2) is 0 Å². The van der Waals surface area contributed by atoms with Gasteiger partial charge in [0.1, 0.15) is 17.4 Å². The average Bonchev–Trinajstić information content (AvgIpc) is 2.70. The van der Waals surface area contributed by atoms with Crippen LogP contribution in [0.4, 0.5) is 4.39 Å². The van der Waals surface area contributed by atoms with E-state index in [4.69, 9.17) is 4.74 Å². The van der Waals surface area contributed by atoms with Crippen molar-refractivity contribution >= 4 is 0 Å². The minimum Gasteiger partial charge on any atom is -0.493 e. The van der Waals surface area contributed by atoms with Crippen molar-refractivity contribution in [2.24, 2.45) is 7.05 Å². The molecule has 2 rings (SSSR count). The van der Waals surface area contributed by atoms with Crippen molar-refractivity contribution in [1.82, 2.24) is 9.55 Å². The average molecular weight is 234 g/mol. The Hall–Kier alpha value is -1.84. The van der Waals surface area contributed by atoms with E-state index in [0.717, 1.165) is 12.2 Å². The zero-order chi connectivity index (χ0) is 12.3. The second kappa shape index (κ2) is 4.99. The predicted octanol–water partition coefficient (Wildman–Crippen LogP) is 2.49. The Morgan fingerprint density at radius 1 is 1.41 bits per heavy atom. The van der Waals surface area contributed by atoms with Crippen LogP contribution in [0.25, 0.3) is 0 Å². The van der Waals surface area contributed by atoms with Crippen molar-refractivity contribution in [3.8, 4) is 5.75 Å². The van der Waals surface area contributed by atoms with Gasteiger partial charge in [-0.2, -0.15) is 0 Å². The van der Waals surface area contributed by atoms with E-state index < -0.39 is 0 Å². The molecule has 0 spiro atoms. The predicted molar refractivity (Wildman–Crippen MR) is 63.5 cm³/mol. The summed E-state index contributed by atoms with van der Waals surface area (Å²) in [4.78, 5) is 4.20. The number of hydrogen-bond donors (Lipinski definition) is 0. The van der Waals surface area contributed by atoms with Crippen molar-refractivity contribution in [3.05, 3.63) is 47.8 Å². The molecule has 0 unspecified atom stereocenters. The smallest absolute Gasteiger partial charge is 0.126 e. The van der Waals surface area contributed by atoms with Crippen LogP contribution in [0.15, 0.2) is 30.6 Å². The van der Waals surface area contributed by atoms with Crippen molar-refractivity contribution in [3.63, 3.8) is 0 Å². The molecule has 0 aliphatic rings. The minimum absolute atomic E-state index is 0.207. The van der Waals surface area contributed by atoms with Crippen LogP contribution in [0.2, 0.25) is 0 Å². The van der Waals surface area contributed by atoms with Gasteiger partial charge in [0, 0.05) is 25.9 Å². The Labute approximate surface area is 99.9 Å². The Kier molecular flexibility index (Phi) is 3.42. The molecule has 0 atom stereocenters. The Morgan fingerprint density at radius 3 is 2.88 bits per heavy atom. The lowest BCUT2D eigenvalue weighted by Gasteiger charge is -2.07. The van der Waals surface area contributed by atoms with E-state index in [1.165, 1.54) is 6.07 Å². The molecule has 17 heavy (non-hydrogen) atoms. The summed E-state index contributed by atoms with van der Waals surface area (Å²) in [7, 11) is 1.95. The van der Waals surface area contributed by atoms with Crippen LogP contribution in [0.3, 0.4) is 0 Å². The van der Waals surface area contributed by atoms with Gasteiger partial charge in [-0.1, -0.05) is 0 Å². The molecule has 0 fully saturated rings. The van der Waals surface area contributed by atoms with Crippen LogP contribution in [-0.2, 0) is 13.5 Å².